The minimum atomic E-state index is -0.512. The van der Waals surface area contributed by atoms with Crippen molar-refractivity contribution in [3.05, 3.63) is 35.4 Å². The van der Waals surface area contributed by atoms with Crippen molar-refractivity contribution < 1.29 is 8.78 Å². The molecule has 0 bridgehead atoms. The van der Waals surface area contributed by atoms with E-state index in [4.69, 9.17) is 0 Å². The monoisotopic (exact) mass is 282 g/mol. The molecule has 1 aromatic carbocycles. The second-order valence-electron chi connectivity index (χ2n) is 5.80. The number of nitrogens with one attached hydrogen (secondary N) is 1. The average molecular weight is 282 g/mol. The van der Waals surface area contributed by atoms with Gasteiger partial charge >= 0.3 is 0 Å². The van der Waals surface area contributed by atoms with Crippen LogP contribution in [0.4, 0.5) is 8.78 Å². The van der Waals surface area contributed by atoms with E-state index in [0.29, 0.717) is 24.1 Å². The second kappa shape index (κ2) is 7.14. The van der Waals surface area contributed by atoms with Crippen LogP contribution < -0.4 is 5.32 Å². The Balaban J connectivity index is 1.89. The first-order chi connectivity index (χ1) is 9.60. The number of nitrogens with zero attached hydrogens (tertiary/aromatic N) is 1. The normalized spacial score (nSPS) is 24.0. The highest BCUT2D eigenvalue weighted by Crippen LogP contribution is 2.20. The Bertz CT molecular complexity index is 436. The molecule has 1 fully saturated rings. The fourth-order valence-electron chi connectivity index (χ4n) is 2.90. The first-order valence-electron chi connectivity index (χ1n) is 7.49. The lowest BCUT2D eigenvalue weighted by atomic mass is 9.93. The first-order valence-corrected chi connectivity index (χ1v) is 7.49. The van der Waals surface area contributed by atoms with Crippen LogP contribution in [-0.2, 0) is 6.54 Å². The molecular formula is C16H24F2N2. The average Bonchev–Trinajstić information content (AvgIpc) is 2.41. The first kappa shape index (κ1) is 15.4. The Hall–Kier alpha value is -1.00. The van der Waals surface area contributed by atoms with Crippen LogP contribution in [0.2, 0.25) is 0 Å². The lowest BCUT2D eigenvalue weighted by molar-refractivity contribution is 0.140. The maximum Gasteiger partial charge on any atom is 0.130 e. The number of hydrogen-bond donors (Lipinski definition) is 1. The highest BCUT2D eigenvalue weighted by molar-refractivity contribution is 5.18. The zero-order valence-corrected chi connectivity index (χ0v) is 12.3. The van der Waals surface area contributed by atoms with E-state index in [1.165, 1.54) is 6.07 Å². The van der Waals surface area contributed by atoms with Crippen LogP contribution in [0, 0.1) is 17.6 Å². The van der Waals surface area contributed by atoms with Gasteiger partial charge in [0.2, 0.25) is 0 Å². The fourth-order valence-corrected chi connectivity index (χ4v) is 2.90. The third-order valence-electron chi connectivity index (χ3n) is 4.05. The fraction of sp³-hybridized carbons (Fsp3) is 0.625. The third-order valence-corrected chi connectivity index (χ3v) is 4.05. The van der Waals surface area contributed by atoms with Gasteiger partial charge in [-0.3, -0.25) is 4.90 Å². The Kier molecular flexibility index (Phi) is 5.49. The third kappa shape index (κ3) is 4.00. The van der Waals surface area contributed by atoms with E-state index < -0.39 is 11.6 Å². The summed E-state index contributed by atoms with van der Waals surface area (Å²) >= 11 is 0. The number of hydrogen-bond acceptors (Lipinski definition) is 2. The Morgan fingerprint density at radius 3 is 2.80 bits per heavy atom. The van der Waals surface area contributed by atoms with Crippen LogP contribution in [0.15, 0.2) is 18.2 Å². The highest BCUT2D eigenvalue weighted by atomic mass is 19.1. The maximum absolute atomic E-state index is 13.7. The molecule has 0 radical (unpaired) electrons. The maximum atomic E-state index is 13.7. The Morgan fingerprint density at radius 1 is 1.35 bits per heavy atom. The molecule has 1 saturated heterocycles. The van der Waals surface area contributed by atoms with Crippen LogP contribution in [0.3, 0.4) is 0 Å². The molecule has 0 aromatic heterocycles. The number of likely N-dealkylation sites (tertiary alicyclic amines) is 1. The van der Waals surface area contributed by atoms with E-state index in [2.05, 4.69) is 24.1 Å². The molecular weight excluding hydrogens is 258 g/mol. The number of benzene rings is 1. The molecule has 1 aliphatic rings. The summed E-state index contributed by atoms with van der Waals surface area (Å²) in [6.45, 7) is 7.95. The van der Waals surface area contributed by atoms with Gasteiger partial charge in [0.15, 0.2) is 0 Å². The molecule has 1 N–H and O–H groups in total. The molecule has 1 aromatic rings. The zero-order valence-electron chi connectivity index (χ0n) is 12.3. The van der Waals surface area contributed by atoms with Gasteiger partial charge in [-0.2, -0.15) is 0 Å². The van der Waals surface area contributed by atoms with Crippen LogP contribution >= 0.6 is 0 Å². The standard InChI is InChI=1S/C16H24F2N2/c1-3-7-19-16-6-8-20(10-12(16)2)11-13-4-5-14(17)9-15(13)18/h4-5,9,12,16,19H,3,6-8,10-11H2,1-2H3. The molecule has 2 unspecified atom stereocenters. The van der Waals surface area contributed by atoms with Crippen molar-refractivity contribution in [1.82, 2.24) is 10.2 Å². The van der Waals surface area contributed by atoms with Gasteiger partial charge in [0.25, 0.3) is 0 Å². The van der Waals surface area contributed by atoms with Crippen LogP contribution in [-0.4, -0.2) is 30.6 Å². The molecule has 0 saturated carbocycles. The molecule has 0 spiro atoms. The van der Waals surface area contributed by atoms with Gasteiger partial charge in [0.1, 0.15) is 11.6 Å². The van der Waals surface area contributed by atoms with E-state index in [9.17, 15) is 8.78 Å². The van der Waals surface area contributed by atoms with Crippen molar-refractivity contribution in [3.8, 4) is 0 Å². The van der Waals surface area contributed by atoms with Gasteiger partial charge in [0.05, 0.1) is 0 Å². The molecule has 4 heteroatoms. The summed E-state index contributed by atoms with van der Waals surface area (Å²) in [7, 11) is 0. The quantitative estimate of drug-likeness (QED) is 0.892. The van der Waals surface area contributed by atoms with Crippen molar-refractivity contribution in [1.29, 1.82) is 0 Å². The van der Waals surface area contributed by atoms with Crippen molar-refractivity contribution >= 4 is 0 Å². The molecule has 0 amide bonds. The number of piperidine rings is 1. The van der Waals surface area contributed by atoms with Gasteiger partial charge in [-0.25, -0.2) is 8.78 Å². The van der Waals surface area contributed by atoms with Crippen LogP contribution in [0.25, 0.3) is 0 Å². The molecule has 2 nitrogen and oxygen atoms in total. The van der Waals surface area contributed by atoms with Crippen LogP contribution in [0.5, 0.6) is 0 Å². The lowest BCUT2D eigenvalue weighted by Gasteiger charge is -2.37. The summed E-state index contributed by atoms with van der Waals surface area (Å²) in [5, 5.41) is 3.57. The second-order valence-corrected chi connectivity index (χ2v) is 5.80. The summed E-state index contributed by atoms with van der Waals surface area (Å²) in [5.41, 5.74) is 0.582. The summed E-state index contributed by atoms with van der Waals surface area (Å²) in [6.07, 6.45) is 2.23. The largest absolute Gasteiger partial charge is 0.314 e. The molecule has 1 heterocycles. The van der Waals surface area contributed by atoms with E-state index in [-0.39, 0.29) is 0 Å². The minimum Gasteiger partial charge on any atom is -0.314 e. The van der Waals surface area contributed by atoms with Gasteiger partial charge in [-0.1, -0.05) is 19.9 Å². The van der Waals surface area contributed by atoms with Crippen LogP contribution in [0.1, 0.15) is 32.3 Å². The zero-order chi connectivity index (χ0) is 14.5. The van der Waals surface area contributed by atoms with Gasteiger partial charge in [-0.15, -0.1) is 0 Å². The smallest absolute Gasteiger partial charge is 0.130 e. The Morgan fingerprint density at radius 2 is 2.15 bits per heavy atom. The highest BCUT2D eigenvalue weighted by Gasteiger charge is 2.25. The van der Waals surface area contributed by atoms with Crippen molar-refractivity contribution in [2.45, 2.75) is 39.3 Å². The number of rotatable bonds is 5. The molecule has 20 heavy (non-hydrogen) atoms. The Labute approximate surface area is 120 Å². The SMILES string of the molecule is CCCNC1CCN(Cc2ccc(F)cc2F)CC1C. The summed E-state index contributed by atoms with van der Waals surface area (Å²) in [4.78, 5) is 2.26. The predicted octanol–water partition coefficient (Wildman–Crippen LogP) is 3.17. The summed E-state index contributed by atoms with van der Waals surface area (Å²) in [6, 6.07) is 4.41. The molecule has 2 atom stereocenters. The van der Waals surface area contributed by atoms with Crippen molar-refractivity contribution in [2.75, 3.05) is 19.6 Å². The molecule has 112 valence electrons. The van der Waals surface area contributed by atoms with E-state index >= 15 is 0 Å². The minimum absolute atomic E-state index is 0.441. The molecule has 1 aliphatic heterocycles. The van der Waals surface area contributed by atoms with Gasteiger partial charge in [0, 0.05) is 30.8 Å². The molecule has 0 aliphatic carbocycles. The van der Waals surface area contributed by atoms with Gasteiger partial charge in [-0.05, 0) is 37.9 Å². The van der Waals surface area contributed by atoms with E-state index in [1.807, 2.05) is 0 Å². The number of halogens is 2. The predicted molar refractivity (Wildman–Crippen MR) is 77.5 cm³/mol. The topological polar surface area (TPSA) is 15.3 Å². The summed E-state index contributed by atoms with van der Waals surface area (Å²) in [5.74, 6) is -0.398. The van der Waals surface area contributed by atoms with Gasteiger partial charge < -0.3 is 5.32 Å². The lowest BCUT2D eigenvalue weighted by Crippen LogP contribution is -2.48. The van der Waals surface area contributed by atoms with E-state index in [1.54, 1.807) is 6.07 Å². The summed E-state index contributed by atoms with van der Waals surface area (Å²) < 4.78 is 26.6. The molecule has 2 rings (SSSR count). The van der Waals surface area contributed by atoms with E-state index in [0.717, 1.165) is 38.5 Å². The van der Waals surface area contributed by atoms with Crippen molar-refractivity contribution in [3.63, 3.8) is 0 Å². The van der Waals surface area contributed by atoms with Crippen molar-refractivity contribution in [2.24, 2.45) is 5.92 Å².